The molecule has 0 radical (unpaired) electrons. The van der Waals surface area contributed by atoms with Gasteiger partial charge < -0.3 is 19.2 Å². The molecule has 0 aliphatic carbocycles. The van der Waals surface area contributed by atoms with Gasteiger partial charge in [-0.1, -0.05) is 44.2 Å². The van der Waals surface area contributed by atoms with E-state index in [1.165, 1.54) is 5.56 Å². The lowest BCUT2D eigenvalue weighted by molar-refractivity contribution is -0.109. The molecule has 2 rings (SSSR count). The van der Waals surface area contributed by atoms with Crippen molar-refractivity contribution in [1.29, 1.82) is 0 Å². The van der Waals surface area contributed by atoms with E-state index in [4.69, 9.17) is 9.47 Å². The predicted molar refractivity (Wildman–Crippen MR) is 120 cm³/mol. The third-order valence-corrected chi connectivity index (χ3v) is 4.92. The minimum atomic E-state index is -0.437. The van der Waals surface area contributed by atoms with Gasteiger partial charge in [-0.05, 0) is 44.7 Å². The fourth-order valence-corrected chi connectivity index (χ4v) is 3.01. The van der Waals surface area contributed by atoms with E-state index in [0.717, 1.165) is 32.3 Å². The van der Waals surface area contributed by atoms with E-state index in [1.807, 2.05) is 51.1 Å². The van der Waals surface area contributed by atoms with Crippen LogP contribution in [0, 0.1) is 5.41 Å². The zero-order valence-electron chi connectivity index (χ0n) is 19.6. The summed E-state index contributed by atoms with van der Waals surface area (Å²) in [4.78, 5) is 26.7. The van der Waals surface area contributed by atoms with E-state index >= 15 is 0 Å². The Bertz CT molecular complexity index is 618. The number of rotatable bonds is 7. The topological polar surface area (TPSA) is 59.1 Å². The first kappa shape index (κ1) is 26.1. The molecule has 0 bridgehead atoms. The summed E-state index contributed by atoms with van der Waals surface area (Å²) in [5, 5.41) is 0. The molecule has 6 nitrogen and oxygen atoms in total. The maximum atomic E-state index is 12.0. The van der Waals surface area contributed by atoms with E-state index in [9.17, 15) is 9.59 Å². The van der Waals surface area contributed by atoms with Crippen molar-refractivity contribution in [3.05, 3.63) is 35.9 Å². The molecule has 1 fully saturated rings. The van der Waals surface area contributed by atoms with Gasteiger partial charge in [-0.3, -0.25) is 4.90 Å². The van der Waals surface area contributed by atoms with Crippen LogP contribution in [0.2, 0.25) is 0 Å². The molecule has 0 saturated carbocycles. The summed E-state index contributed by atoms with van der Waals surface area (Å²) in [5.41, 5.74) is 0.844. The highest BCUT2D eigenvalue weighted by atomic mass is 16.6. The molecule has 0 unspecified atom stereocenters. The molecule has 1 heterocycles. The molecule has 1 aromatic carbocycles. The molecule has 6 heteroatoms. The molecule has 1 amide bonds. The summed E-state index contributed by atoms with van der Waals surface area (Å²) in [7, 11) is 1.70. The lowest BCUT2D eigenvalue weighted by Gasteiger charge is -2.36. The Kier molecular flexibility index (Phi) is 11.1. The van der Waals surface area contributed by atoms with Crippen LogP contribution in [0.1, 0.15) is 53.0 Å². The number of benzene rings is 1. The van der Waals surface area contributed by atoms with Gasteiger partial charge in [-0.15, -0.1) is 0 Å². The van der Waals surface area contributed by atoms with Crippen molar-refractivity contribution < 1.29 is 19.1 Å². The number of piperazine rings is 1. The highest BCUT2D eigenvalue weighted by Crippen LogP contribution is 2.24. The highest BCUT2D eigenvalue weighted by molar-refractivity contribution is 5.68. The second-order valence-corrected chi connectivity index (χ2v) is 9.51. The third-order valence-electron chi connectivity index (χ3n) is 4.92. The van der Waals surface area contributed by atoms with Crippen molar-refractivity contribution in [2.45, 2.75) is 59.7 Å². The van der Waals surface area contributed by atoms with Gasteiger partial charge in [-0.25, -0.2) is 4.79 Å². The number of methoxy groups -OCH3 is 1. The third kappa shape index (κ3) is 11.3. The number of carbonyl (C=O) groups is 2. The number of aldehydes is 1. The zero-order chi connectivity index (χ0) is 22.6. The van der Waals surface area contributed by atoms with Crippen LogP contribution in [-0.2, 0) is 20.9 Å². The van der Waals surface area contributed by atoms with Gasteiger partial charge in [0, 0.05) is 39.7 Å². The van der Waals surface area contributed by atoms with Crippen molar-refractivity contribution in [2.75, 3.05) is 39.8 Å². The number of amides is 1. The van der Waals surface area contributed by atoms with E-state index in [-0.39, 0.29) is 11.5 Å². The quantitative estimate of drug-likeness (QED) is 0.613. The van der Waals surface area contributed by atoms with E-state index in [0.29, 0.717) is 26.1 Å². The number of ether oxygens (including phenoxy) is 2. The summed E-state index contributed by atoms with van der Waals surface area (Å²) in [5.74, 6) is 0. The first-order chi connectivity index (χ1) is 14.1. The molecule has 0 spiro atoms. The number of hydrogen-bond donors (Lipinski definition) is 0. The molecular weight excluding hydrogens is 380 g/mol. The monoisotopic (exact) mass is 420 g/mol. The van der Waals surface area contributed by atoms with Gasteiger partial charge in [-0.2, -0.15) is 0 Å². The minimum absolute atomic E-state index is 0.0596. The zero-order valence-corrected chi connectivity index (χ0v) is 19.6. The highest BCUT2D eigenvalue weighted by Gasteiger charge is 2.26. The average Bonchev–Trinajstić information content (AvgIpc) is 2.67. The average molecular weight is 421 g/mol. The Labute approximate surface area is 182 Å². The van der Waals surface area contributed by atoms with Crippen molar-refractivity contribution in [1.82, 2.24) is 9.80 Å². The summed E-state index contributed by atoms with van der Waals surface area (Å²) < 4.78 is 10.3. The predicted octanol–water partition coefficient (Wildman–Crippen LogP) is 4.38. The molecule has 0 atom stereocenters. The van der Waals surface area contributed by atoms with Crippen molar-refractivity contribution >= 4 is 12.4 Å². The van der Waals surface area contributed by atoms with Crippen molar-refractivity contribution in [3.8, 4) is 0 Å². The molecule has 30 heavy (non-hydrogen) atoms. The summed E-state index contributed by atoms with van der Waals surface area (Å²) in [6.45, 7) is 14.8. The summed E-state index contributed by atoms with van der Waals surface area (Å²) in [6, 6.07) is 10.1. The Morgan fingerprint density at radius 1 is 1.03 bits per heavy atom. The first-order valence-corrected chi connectivity index (χ1v) is 10.7. The minimum Gasteiger partial charge on any atom is -0.444 e. The van der Waals surface area contributed by atoms with Crippen LogP contribution in [-0.4, -0.2) is 67.6 Å². The maximum absolute atomic E-state index is 12.0. The van der Waals surface area contributed by atoms with Gasteiger partial charge in [0.05, 0.1) is 6.61 Å². The van der Waals surface area contributed by atoms with Gasteiger partial charge in [0.25, 0.3) is 0 Å². The number of hydrogen-bond acceptors (Lipinski definition) is 5. The second-order valence-electron chi connectivity index (χ2n) is 9.51. The second kappa shape index (κ2) is 12.7. The molecule has 0 N–H and O–H groups in total. The van der Waals surface area contributed by atoms with Crippen molar-refractivity contribution in [2.24, 2.45) is 5.41 Å². The fourth-order valence-electron chi connectivity index (χ4n) is 3.01. The molecule has 1 aromatic rings. The van der Waals surface area contributed by atoms with Crippen LogP contribution >= 0.6 is 0 Å². The number of nitrogens with zero attached hydrogens (tertiary/aromatic N) is 2. The fraction of sp³-hybridized carbons (Fsp3) is 0.667. The summed E-state index contributed by atoms with van der Waals surface area (Å²) >= 11 is 0. The van der Waals surface area contributed by atoms with Crippen LogP contribution in [0.25, 0.3) is 0 Å². The smallest absolute Gasteiger partial charge is 0.410 e. The van der Waals surface area contributed by atoms with E-state index in [1.54, 1.807) is 12.0 Å². The molecule has 1 aliphatic rings. The first-order valence-electron chi connectivity index (χ1n) is 10.7. The van der Waals surface area contributed by atoms with Crippen LogP contribution in [0.3, 0.4) is 0 Å². The Morgan fingerprint density at radius 2 is 1.63 bits per heavy atom. The Morgan fingerprint density at radius 3 is 2.13 bits per heavy atom. The molecule has 1 saturated heterocycles. The molecular formula is C24H40N2O4. The van der Waals surface area contributed by atoms with Gasteiger partial charge in [0.1, 0.15) is 11.9 Å². The van der Waals surface area contributed by atoms with Crippen LogP contribution in [0.5, 0.6) is 0 Å². The normalized spacial score (nSPS) is 15.2. The van der Waals surface area contributed by atoms with Gasteiger partial charge in [0.15, 0.2) is 0 Å². The van der Waals surface area contributed by atoms with Crippen LogP contribution < -0.4 is 0 Å². The van der Waals surface area contributed by atoms with E-state index < -0.39 is 5.60 Å². The Balaban J connectivity index is 0.000000414. The molecule has 1 aliphatic heterocycles. The van der Waals surface area contributed by atoms with Gasteiger partial charge >= 0.3 is 6.09 Å². The SMILES string of the molecule is CC(C)(CC=O)CCN1CCN(C(=O)OC(C)(C)C)CC1.COCc1ccccc1. The Hall–Kier alpha value is -1.92. The standard InChI is InChI=1S/C16H30N2O3.C8H10O/c1-15(2,3)21-14(20)18-11-9-17(10-12-18)8-6-16(4,5)7-13-19;1-9-7-8-5-3-2-4-6-8/h13H,6-12H2,1-5H3;2-6H,7H2,1H3. The lowest BCUT2D eigenvalue weighted by atomic mass is 9.86. The maximum Gasteiger partial charge on any atom is 0.410 e. The van der Waals surface area contributed by atoms with E-state index in [2.05, 4.69) is 18.7 Å². The van der Waals surface area contributed by atoms with Crippen molar-refractivity contribution in [3.63, 3.8) is 0 Å². The van der Waals surface area contributed by atoms with Crippen LogP contribution in [0.4, 0.5) is 4.79 Å². The molecule has 170 valence electrons. The molecule has 0 aromatic heterocycles. The van der Waals surface area contributed by atoms with Gasteiger partial charge in [0.2, 0.25) is 0 Å². The van der Waals surface area contributed by atoms with Crippen LogP contribution in [0.15, 0.2) is 30.3 Å². The summed E-state index contributed by atoms with van der Waals surface area (Å²) in [6.07, 6.45) is 2.38. The lowest BCUT2D eigenvalue weighted by Crippen LogP contribution is -2.50. The number of carbonyl (C=O) groups excluding carboxylic acids is 2. The largest absolute Gasteiger partial charge is 0.444 e.